The zero-order valence-corrected chi connectivity index (χ0v) is 12.5. The van der Waals surface area contributed by atoms with Crippen molar-refractivity contribution in [2.24, 2.45) is 0 Å². The molecule has 0 unspecified atom stereocenters. The van der Waals surface area contributed by atoms with Crippen LogP contribution in [0.2, 0.25) is 5.02 Å². The first-order valence-corrected chi connectivity index (χ1v) is 6.95. The minimum absolute atomic E-state index is 0.370. The van der Waals surface area contributed by atoms with Crippen LogP contribution >= 0.6 is 27.5 Å². The molecular weight excluding hydrogens is 342 g/mol. The SMILES string of the molecule is Nc1cc(Cl)ccc1-c1nc(-c2cccc(Br)c2)no1. The minimum Gasteiger partial charge on any atom is -0.398 e. The average Bonchev–Trinajstić information content (AvgIpc) is 2.88. The summed E-state index contributed by atoms with van der Waals surface area (Å²) in [6, 6.07) is 12.8. The Hall–Kier alpha value is -1.85. The summed E-state index contributed by atoms with van der Waals surface area (Å²) in [5.41, 5.74) is 7.94. The molecule has 0 amide bonds. The van der Waals surface area contributed by atoms with E-state index in [1.807, 2.05) is 24.3 Å². The fourth-order valence-electron chi connectivity index (χ4n) is 1.81. The van der Waals surface area contributed by atoms with Gasteiger partial charge in [-0.15, -0.1) is 0 Å². The van der Waals surface area contributed by atoms with E-state index in [2.05, 4.69) is 26.1 Å². The molecule has 0 atom stereocenters. The summed E-state index contributed by atoms with van der Waals surface area (Å²) in [6.45, 7) is 0. The van der Waals surface area contributed by atoms with Gasteiger partial charge in [-0.3, -0.25) is 0 Å². The highest BCUT2D eigenvalue weighted by molar-refractivity contribution is 9.10. The second kappa shape index (κ2) is 5.26. The van der Waals surface area contributed by atoms with Crippen molar-refractivity contribution in [2.45, 2.75) is 0 Å². The lowest BCUT2D eigenvalue weighted by atomic mass is 10.2. The molecule has 0 saturated carbocycles. The highest BCUT2D eigenvalue weighted by Crippen LogP contribution is 2.29. The number of nitrogens with two attached hydrogens (primary N) is 1. The molecule has 4 nitrogen and oxygen atoms in total. The van der Waals surface area contributed by atoms with Crippen molar-refractivity contribution >= 4 is 33.2 Å². The summed E-state index contributed by atoms with van der Waals surface area (Å²) in [4.78, 5) is 4.36. The minimum atomic E-state index is 0.370. The maximum absolute atomic E-state index is 5.91. The predicted octanol–water partition coefficient (Wildman–Crippen LogP) is 4.40. The quantitative estimate of drug-likeness (QED) is 0.696. The van der Waals surface area contributed by atoms with Crippen molar-refractivity contribution in [3.63, 3.8) is 0 Å². The Morgan fingerprint density at radius 2 is 2.00 bits per heavy atom. The van der Waals surface area contributed by atoms with Crippen LogP contribution in [0.3, 0.4) is 0 Å². The molecule has 0 bridgehead atoms. The van der Waals surface area contributed by atoms with Gasteiger partial charge in [-0.05, 0) is 30.3 Å². The molecule has 0 spiro atoms. The van der Waals surface area contributed by atoms with Crippen molar-refractivity contribution in [3.05, 3.63) is 52.0 Å². The summed E-state index contributed by atoms with van der Waals surface area (Å²) >= 11 is 9.28. The predicted molar refractivity (Wildman–Crippen MR) is 82.3 cm³/mol. The van der Waals surface area contributed by atoms with E-state index in [0.29, 0.717) is 28.0 Å². The van der Waals surface area contributed by atoms with E-state index < -0.39 is 0 Å². The normalized spacial score (nSPS) is 10.7. The van der Waals surface area contributed by atoms with Gasteiger partial charge in [-0.1, -0.05) is 44.8 Å². The van der Waals surface area contributed by atoms with Gasteiger partial charge in [-0.2, -0.15) is 4.98 Å². The first kappa shape index (κ1) is 13.1. The number of hydrogen-bond donors (Lipinski definition) is 1. The summed E-state index contributed by atoms with van der Waals surface area (Å²) in [5, 5.41) is 4.54. The van der Waals surface area contributed by atoms with E-state index in [-0.39, 0.29) is 0 Å². The number of benzene rings is 2. The number of hydrogen-bond acceptors (Lipinski definition) is 4. The number of halogens is 2. The molecule has 2 aromatic carbocycles. The molecule has 0 fully saturated rings. The standard InChI is InChI=1S/C14H9BrClN3O/c15-9-3-1-2-8(6-9)13-18-14(20-19-13)11-5-4-10(16)7-12(11)17/h1-7H,17H2. The Balaban J connectivity index is 2.02. The number of rotatable bonds is 2. The average molecular weight is 351 g/mol. The third kappa shape index (κ3) is 2.55. The van der Waals surface area contributed by atoms with Crippen molar-refractivity contribution in [1.82, 2.24) is 10.1 Å². The lowest BCUT2D eigenvalue weighted by Gasteiger charge is -2.00. The van der Waals surface area contributed by atoms with Crippen LogP contribution in [-0.2, 0) is 0 Å². The van der Waals surface area contributed by atoms with Gasteiger partial charge in [0.1, 0.15) is 0 Å². The van der Waals surface area contributed by atoms with Gasteiger partial charge in [0.2, 0.25) is 5.82 Å². The summed E-state index contributed by atoms with van der Waals surface area (Å²) < 4.78 is 6.22. The fourth-order valence-corrected chi connectivity index (χ4v) is 2.39. The van der Waals surface area contributed by atoms with Crippen molar-refractivity contribution in [2.75, 3.05) is 5.73 Å². The number of aromatic nitrogens is 2. The second-order valence-corrected chi connectivity index (χ2v) is 5.52. The van der Waals surface area contributed by atoms with E-state index in [0.717, 1.165) is 10.0 Å². The maximum atomic E-state index is 5.91. The van der Waals surface area contributed by atoms with Crippen molar-refractivity contribution in [3.8, 4) is 22.8 Å². The van der Waals surface area contributed by atoms with E-state index in [1.54, 1.807) is 18.2 Å². The molecule has 6 heteroatoms. The molecule has 0 aliphatic heterocycles. The van der Waals surface area contributed by atoms with E-state index >= 15 is 0 Å². The van der Waals surface area contributed by atoms with Crippen LogP contribution in [0.15, 0.2) is 51.5 Å². The highest BCUT2D eigenvalue weighted by atomic mass is 79.9. The Kier molecular flexibility index (Phi) is 3.46. The van der Waals surface area contributed by atoms with Gasteiger partial charge in [-0.25, -0.2) is 0 Å². The van der Waals surface area contributed by atoms with Crippen LogP contribution in [0, 0.1) is 0 Å². The third-order valence-corrected chi connectivity index (χ3v) is 3.48. The summed E-state index contributed by atoms with van der Waals surface area (Å²) in [6.07, 6.45) is 0. The lowest BCUT2D eigenvalue weighted by Crippen LogP contribution is -1.90. The van der Waals surface area contributed by atoms with Gasteiger partial charge in [0, 0.05) is 20.7 Å². The molecule has 0 saturated heterocycles. The smallest absolute Gasteiger partial charge is 0.260 e. The van der Waals surface area contributed by atoms with Crippen LogP contribution in [0.5, 0.6) is 0 Å². The largest absolute Gasteiger partial charge is 0.398 e. The van der Waals surface area contributed by atoms with Gasteiger partial charge in [0.25, 0.3) is 5.89 Å². The van der Waals surface area contributed by atoms with Crippen LogP contribution < -0.4 is 5.73 Å². The van der Waals surface area contributed by atoms with Crippen LogP contribution in [0.1, 0.15) is 0 Å². The lowest BCUT2D eigenvalue weighted by molar-refractivity contribution is 0.432. The molecule has 100 valence electrons. The first-order valence-electron chi connectivity index (χ1n) is 5.78. The zero-order chi connectivity index (χ0) is 14.1. The van der Waals surface area contributed by atoms with Gasteiger partial charge in [0.15, 0.2) is 0 Å². The monoisotopic (exact) mass is 349 g/mol. The number of nitrogens with zero attached hydrogens (tertiary/aromatic N) is 2. The van der Waals surface area contributed by atoms with Crippen LogP contribution in [0.4, 0.5) is 5.69 Å². The first-order chi connectivity index (χ1) is 9.63. The van der Waals surface area contributed by atoms with Crippen LogP contribution in [0.25, 0.3) is 22.8 Å². The Labute approximate surface area is 128 Å². The molecule has 3 rings (SSSR count). The van der Waals surface area contributed by atoms with Crippen LogP contribution in [-0.4, -0.2) is 10.1 Å². The number of anilines is 1. The topological polar surface area (TPSA) is 64.9 Å². The number of nitrogen functional groups attached to an aromatic ring is 1. The molecule has 0 aliphatic carbocycles. The van der Waals surface area contributed by atoms with Gasteiger partial charge < -0.3 is 10.3 Å². The molecule has 1 heterocycles. The van der Waals surface area contributed by atoms with E-state index in [1.165, 1.54) is 0 Å². The second-order valence-electron chi connectivity index (χ2n) is 4.17. The van der Waals surface area contributed by atoms with Gasteiger partial charge in [0.05, 0.1) is 5.56 Å². The van der Waals surface area contributed by atoms with Crippen molar-refractivity contribution < 1.29 is 4.52 Å². The maximum Gasteiger partial charge on any atom is 0.260 e. The molecule has 2 N–H and O–H groups in total. The molecule has 0 radical (unpaired) electrons. The molecular formula is C14H9BrClN3O. The Morgan fingerprint density at radius 3 is 2.75 bits per heavy atom. The Morgan fingerprint density at radius 1 is 1.15 bits per heavy atom. The fraction of sp³-hybridized carbons (Fsp3) is 0. The molecule has 3 aromatic rings. The molecule has 0 aliphatic rings. The third-order valence-electron chi connectivity index (χ3n) is 2.75. The molecule has 1 aromatic heterocycles. The zero-order valence-electron chi connectivity index (χ0n) is 10.2. The van der Waals surface area contributed by atoms with Gasteiger partial charge >= 0.3 is 0 Å². The van der Waals surface area contributed by atoms with E-state index in [9.17, 15) is 0 Å². The van der Waals surface area contributed by atoms with Crippen molar-refractivity contribution in [1.29, 1.82) is 0 Å². The summed E-state index contributed by atoms with van der Waals surface area (Å²) in [7, 11) is 0. The molecule has 20 heavy (non-hydrogen) atoms. The summed E-state index contributed by atoms with van der Waals surface area (Å²) in [5.74, 6) is 0.879. The highest BCUT2D eigenvalue weighted by Gasteiger charge is 2.13. The van der Waals surface area contributed by atoms with E-state index in [4.69, 9.17) is 21.9 Å². The Bertz CT molecular complexity index is 773.